The molecule has 8 heteroatoms. The van der Waals surface area contributed by atoms with Gasteiger partial charge in [0, 0.05) is 28.9 Å². The molecule has 0 radical (unpaired) electrons. The highest BCUT2D eigenvalue weighted by molar-refractivity contribution is 7.99. The quantitative estimate of drug-likeness (QED) is 0.628. The summed E-state index contributed by atoms with van der Waals surface area (Å²) in [5.74, 6) is 1.19. The lowest BCUT2D eigenvalue weighted by molar-refractivity contribution is -0.119. The number of rotatable bonds is 7. The van der Waals surface area contributed by atoms with Gasteiger partial charge in [0.25, 0.3) is 0 Å². The van der Waals surface area contributed by atoms with Crippen molar-refractivity contribution in [3.8, 4) is 11.4 Å². The number of carbonyl (C=O) groups is 1. The highest BCUT2D eigenvalue weighted by atomic mass is 32.2. The predicted molar refractivity (Wildman–Crippen MR) is 103 cm³/mol. The topological polar surface area (TPSA) is 72.7 Å². The van der Waals surface area contributed by atoms with E-state index in [1.165, 1.54) is 11.8 Å². The molecule has 0 unspecified atom stereocenters. The fourth-order valence-electron chi connectivity index (χ4n) is 2.76. The number of amides is 1. The van der Waals surface area contributed by atoms with Gasteiger partial charge >= 0.3 is 0 Å². The van der Waals surface area contributed by atoms with Gasteiger partial charge in [-0.05, 0) is 43.3 Å². The molecule has 3 heterocycles. The largest absolute Gasteiger partial charge is 0.348 e. The lowest BCUT2D eigenvalue weighted by Gasteiger charge is -2.12. The number of nitrogens with one attached hydrogen (secondary N) is 1. The molecule has 0 saturated heterocycles. The molecular weight excluding hydrogens is 366 g/mol. The third-order valence-electron chi connectivity index (χ3n) is 4.19. The van der Waals surface area contributed by atoms with Gasteiger partial charge in [-0.2, -0.15) is 0 Å². The summed E-state index contributed by atoms with van der Waals surface area (Å²) < 4.78 is 2.16. The first-order chi connectivity index (χ1) is 12.7. The molecule has 0 spiro atoms. The van der Waals surface area contributed by atoms with Crippen LogP contribution in [0, 0.1) is 0 Å². The SMILES string of the molecule is C[C@@H](NC(=O)CSc1nnc(-c2ccncc2)n1C1CC1)c1cccs1. The molecule has 1 saturated carbocycles. The lowest BCUT2D eigenvalue weighted by atomic mass is 10.2. The molecule has 4 rings (SSSR count). The van der Waals surface area contributed by atoms with Crippen molar-refractivity contribution in [2.24, 2.45) is 0 Å². The minimum atomic E-state index is 0.00621. The maximum atomic E-state index is 12.3. The van der Waals surface area contributed by atoms with Gasteiger partial charge in [-0.25, -0.2) is 0 Å². The van der Waals surface area contributed by atoms with Crippen LogP contribution < -0.4 is 5.32 Å². The van der Waals surface area contributed by atoms with E-state index in [1.807, 2.05) is 36.6 Å². The molecule has 0 aromatic carbocycles. The standard InChI is InChI=1S/C18H19N5OS2/c1-12(15-3-2-10-25-15)20-16(24)11-26-18-22-21-17(23(18)14-4-5-14)13-6-8-19-9-7-13/h2-3,6-10,12,14H,4-5,11H2,1H3,(H,20,24)/t12-/m1/s1. The number of hydrogen-bond acceptors (Lipinski definition) is 6. The molecule has 1 atom stereocenters. The van der Waals surface area contributed by atoms with E-state index in [1.54, 1.807) is 23.7 Å². The van der Waals surface area contributed by atoms with Crippen LogP contribution >= 0.6 is 23.1 Å². The van der Waals surface area contributed by atoms with E-state index in [4.69, 9.17) is 0 Å². The third-order valence-corrected chi connectivity index (χ3v) is 6.19. The molecule has 134 valence electrons. The van der Waals surface area contributed by atoms with Gasteiger partial charge in [0.15, 0.2) is 11.0 Å². The zero-order valence-electron chi connectivity index (χ0n) is 14.3. The lowest BCUT2D eigenvalue weighted by Crippen LogP contribution is -2.27. The first kappa shape index (κ1) is 17.2. The predicted octanol–water partition coefficient (Wildman–Crippen LogP) is 3.71. The second kappa shape index (κ2) is 7.59. The smallest absolute Gasteiger partial charge is 0.230 e. The number of hydrogen-bond donors (Lipinski definition) is 1. The molecule has 3 aromatic heterocycles. The van der Waals surface area contributed by atoms with Gasteiger partial charge in [0.05, 0.1) is 11.8 Å². The van der Waals surface area contributed by atoms with Crippen molar-refractivity contribution >= 4 is 29.0 Å². The molecule has 1 amide bonds. The molecule has 26 heavy (non-hydrogen) atoms. The minimum absolute atomic E-state index is 0.00621. The van der Waals surface area contributed by atoms with E-state index in [-0.39, 0.29) is 11.9 Å². The van der Waals surface area contributed by atoms with E-state index in [0.29, 0.717) is 11.8 Å². The second-order valence-corrected chi connectivity index (χ2v) is 8.16. The van der Waals surface area contributed by atoms with Crippen LogP contribution in [0.4, 0.5) is 0 Å². The molecular formula is C18H19N5OS2. The summed E-state index contributed by atoms with van der Waals surface area (Å²) in [6, 6.07) is 8.36. The number of aromatic nitrogens is 4. The van der Waals surface area contributed by atoms with Gasteiger partial charge in [-0.15, -0.1) is 21.5 Å². The Morgan fingerprint density at radius 3 is 2.85 bits per heavy atom. The fourth-order valence-corrected chi connectivity index (χ4v) is 4.31. The summed E-state index contributed by atoms with van der Waals surface area (Å²) in [7, 11) is 0. The summed E-state index contributed by atoms with van der Waals surface area (Å²) in [6.45, 7) is 2.00. The second-order valence-electron chi connectivity index (χ2n) is 6.24. The van der Waals surface area contributed by atoms with Crippen molar-refractivity contribution in [2.45, 2.75) is 37.0 Å². The monoisotopic (exact) mass is 385 g/mol. The summed E-state index contributed by atoms with van der Waals surface area (Å²) in [4.78, 5) is 17.5. The Hall–Kier alpha value is -2.19. The normalized spacial score (nSPS) is 15.0. The molecule has 1 aliphatic carbocycles. The van der Waals surface area contributed by atoms with Crippen LogP contribution in [-0.4, -0.2) is 31.4 Å². The fraction of sp³-hybridized carbons (Fsp3) is 0.333. The first-order valence-electron chi connectivity index (χ1n) is 8.53. The molecule has 0 bridgehead atoms. The third kappa shape index (κ3) is 3.81. The first-order valence-corrected chi connectivity index (χ1v) is 10.4. The maximum Gasteiger partial charge on any atom is 0.230 e. The molecule has 6 nitrogen and oxygen atoms in total. The molecule has 1 aliphatic rings. The Labute approximate surface area is 160 Å². The van der Waals surface area contributed by atoms with Crippen LogP contribution in [0.15, 0.2) is 47.2 Å². The minimum Gasteiger partial charge on any atom is -0.348 e. The molecule has 3 aromatic rings. The molecule has 1 N–H and O–H groups in total. The Morgan fingerprint density at radius 2 is 2.15 bits per heavy atom. The summed E-state index contributed by atoms with van der Waals surface area (Å²) in [5, 5.41) is 14.6. The van der Waals surface area contributed by atoms with E-state index < -0.39 is 0 Å². The zero-order valence-corrected chi connectivity index (χ0v) is 16.0. The van der Waals surface area contributed by atoms with Gasteiger partial charge in [-0.3, -0.25) is 14.3 Å². The van der Waals surface area contributed by atoms with E-state index >= 15 is 0 Å². The highest BCUT2D eigenvalue weighted by Gasteiger charge is 2.30. The number of nitrogens with zero attached hydrogens (tertiary/aromatic N) is 4. The Kier molecular flexibility index (Phi) is 5.03. The zero-order chi connectivity index (χ0) is 17.9. The van der Waals surface area contributed by atoms with E-state index in [0.717, 1.165) is 34.3 Å². The summed E-state index contributed by atoms with van der Waals surface area (Å²) in [5.41, 5.74) is 1.00. The van der Waals surface area contributed by atoms with Crippen molar-refractivity contribution in [3.63, 3.8) is 0 Å². The molecule has 0 aliphatic heterocycles. The van der Waals surface area contributed by atoms with Gasteiger partial charge in [-0.1, -0.05) is 17.8 Å². The molecule has 1 fully saturated rings. The van der Waals surface area contributed by atoms with Crippen LogP contribution in [-0.2, 0) is 4.79 Å². The van der Waals surface area contributed by atoms with Crippen LogP contribution in [0.25, 0.3) is 11.4 Å². The van der Waals surface area contributed by atoms with Crippen molar-refractivity contribution in [3.05, 3.63) is 46.9 Å². The Balaban J connectivity index is 1.44. The Morgan fingerprint density at radius 1 is 1.35 bits per heavy atom. The van der Waals surface area contributed by atoms with Gasteiger partial charge in [0.1, 0.15) is 0 Å². The summed E-state index contributed by atoms with van der Waals surface area (Å²) in [6.07, 6.45) is 5.78. The Bertz CT molecular complexity index is 874. The maximum absolute atomic E-state index is 12.3. The number of thioether (sulfide) groups is 1. The number of thiophene rings is 1. The van der Waals surface area contributed by atoms with Crippen LogP contribution in [0.2, 0.25) is 0 Å². The van der Waals surface area contributed by atoms with Gasteiger partial charge < -0.3 is 5.32 Å². The van der Waals surface area contributed by atoms with Crippen molar-refractivity contribution in [2.75, 3.05) is 5.75 Å². The average molecular weight is 386 g/mol. The van der Waals surface area contributed by atoms with Crippen LogP contribution in [0.5, 0.6) is 0 Å². The number of pyridine rings is 1. The van der Waals surface area contributed by atoms with E-state index in [2.05, 4.69) is 25.1 Å². The number of carbonyl (C=O) groups excluding carboxylic acids is 1. The van der Waals surface area contributed by atoms with E-state index in [9.17, 15) is 4.79 Å². The summed E-state index contributed by atoms with van der Waals surface area (Å²) >= 11 is 3.09. The highest BCUT2D eigenvalue weighted by Crippen LogP contribution is 2.40. The van der Waals surface area contributed by atoms with Crippen LogP contribution in [0.3, 0.4) is 0 Å². The van der Waals surface area contributed by atoms with Crippen molar-refractivity contribution < 1.29 is 4.79 Å². The average Bonchev–Trinajstić information content (AvgIpc) is 3.18. The van der Waals surface area contributed by atoms with Gasteiger partial charge in [0.2, 0.25) is 5.91 Å². The van der Waals surface area contributed by atoms with Crippen molar-refractivity contribution in [1.29, 1.82) is 0 Å². The van der Waals surface area contributed by atoms with Crippen LogP contribution in [0.1, 0.15) is 36.7 Å². The van der Waals surface area contributed by atoms with Crippen molar-refractivity contribution in [1.82, 2.24) is 25.1 Å².